The van der Waals surface area contributed by atoms with Crippen molar-refractivity contribution < 1.29 is 9.47 Å². The molecule has 4 nitrogen and oxygen atoms in total. The van der Waals surface area contributed by atoms with Crippen molar-refractivity contribution in [2.75, 3.05) is 46.1 Å². The van der Waals surface area contributed by atoms with Gasteiger partial charge >= 0.3 is 0 Å². The summed E-state index contributed by atoms with van der Waals surface area (Å²) in [5.41, 5.74) is 9.81. The molecule has 0 heterocycles. The number of nitrogens with one attached hydrogen (secondary N) is 1. The van der Waals surface area contributed by atoms with Gasteiger partial charge in [-0.2, -0.15) is 0 Å². The van der Waals surface area contributed by atoms with E-state index in [9.17, 15) is 0 Å². The Morgan fingerprint density at radius 2 is 1.28 bits per heavy atom. The number of hydrogen-bond acceptors (Lipinski definition) is 4. The topological polar surface area (TPSA) is 56.5 Å². The molecule has 0 rings (SSSR count). The molecule has 3 N–H and O–H groups in total. The molecule has 0 aliphatic rings. The molecule has 0 atom stereocenters. The highest BCUT2D eigenvalue weighted by Crippen LogP contribution is 2.11. The van der Waals surface area contributed by atoms with Crippen LogP contribution in [0, 0.1) is 0 Å². The molecule has 0 amide bonds. The summed E-state index contributed by atoms with van der Waals surface area (Å²) in [4.78, 5) is 0. The molecule has 0 aromatic carbocycles. The first-order valence-corrected chi connectivity index (χ1v) is 11.6. The van der Waals surface area contributed by atoms with Crippen LogP contribution in [-0.4, -0.2) is 46.1 Å². The molecule has 4 heteroatoms. The van der Waals surface area contributed by atoms with Crippen molar-refractivity contribution in [3.05, 3.63) is 34.9 Å². The number of allylic oxidation sites excluding steroid dienone is 5. The van der Waals surface area contributed by atoms with Crippen molar-refractivity contribution in [2.45, 2.75) is 79.1 Å². The molecule has 0 radical (unpaired) electrons. The summed E-state index contributed by atoms with van der Waals surface area (Å²) >= 11 is 0. The standard InChI is InChI=1S/C25H48N2O2/c1-23(2)11-7-12-24(3)13-8-14-25(4)15-18-27-17-10-22-29-20-6-5-19-28-21-9-16-26/h11,13,15,27H,5-10,12,14,16-22,26H2,1-4H3/b24-13-,25-15?. The average Bonchev–Trinajstić information content (AvgIpc) is 2.68. The summed E-state index contributed by atoms with van der Waals surface area (Å²) in [7, 11) is 0. The molecule has 0 unspecified atom stereocenters. The van der Waals surface area contributed by atoms with Crippen LogP contribution in [0.1, 0.15) is 79.1 Å². The highest BCUT2D eigenvalue weighted by atomic mass is 16.5. The molecular formula is C25H48N2O2. The van der Waals surface area contributed by atoms with Gasteiger partial charge in [0.15, 0.2) is 0 Å². The molecule has 0 aliphatic carbocycles. The summed E-state index contributed by atoms with van der Waals surface area (Å²) in [6, 6.07) is 0. The highest BCUT2D eigenvalue weighted by molar-refractivity contribution is 5.05. The van der Waals surface area contributed by atoms with E-state index in [1.165, 1.54) is 23.1 Å². The van der Waals surface area contributed by atoms with E-state index in [1.807, 2.05) is 0 Å². The summed E-state index contributed by atoms with van der Waals surface area (Å²) in [5.74, 6) is 0. The Bertz CT molecular complexity index is 452. The average molecular weight is 409 g/mol. The second kappa shape index (κ2) is 21.8. The van der Waals surface area contributed by atoms with E-state index < -0.39 is 0 Å². The number of unbranched alkanes of at least 4 members (excludes halogenated alkanes) is 1. The van der Waals surface area contributed by atoms with Gasteiger partial charge in [-0.05, 0) is 92.2 Å². The predicted molar refractivity (Wildman–Crippen MR) is 127 cm³/mol. The van der Waals surface area contributed by atoms with Crippen LogP contribution in [0.15, 0.2) is 34.9 Å². The van der Waals surface area contributed by atoms with Crippen LogP contribution in [0.4, 0.5) is 0 Å². The Balaban J connectivity index is 3.46. The number of hydrogen-bond donors (Lipinski definition) is 2. The fourth-order valence-electron chi connectivity index (χ4n) is 2.78. The second-order valence-electron chi connectivity index (χ2n) is 8.09. The molecule has 0 bridgehead atoms. The normalized spacial score (nSPS) is 12.4. The van der Waals surface area contributed by atoms with E-state index in [2.05, 4.69) is 51.2 Å². The molecule has 0 aliphatic heterocycles. The Morgan fingerprint density at radius 3 is 1.90 bits per heavy atom. The SMILES string of the molecule is CC(C)=CCC/C(C)=C\CCC(C)=CCNCCCOCCCCOCCCN. The van der Waals surface area contributed by atoms with Crippen molar-refractivity contribution in [2.24, 2.45) is 5.73 Å². The van der Waals surface area contributed by atoms with E-state index in [1.54, 1.807) is 0 Å². The monoisotopic (exact) mass is 408 g/mol. The Hall–Kier alpha value is -0.940. The Kier molecular flexibility index (Phi) is 21.1. The molecule has 0 aromatic rings. The van der Waals surface area contributed by atoms with Gasteiger partial charge in [-0.15, -0.1) is 0 Å². The molecule has 0 saturated carbocycles. The lowest BCUT2D eigenvalue weighted by atomic mass is 10.1. The summed E-state index contributed by atoms with van der Waals surface area (Å²) in [6.45, 7) is 14.8. The minimum atomic E-state index is 0.709. The fraction of sp³-hybridized carbons (Fsp3) is 0.760. The number of rotatable bonds is 20. The first kappa shape index (κ1) is 28.1. The first-order chi connectivity index (χ1) is 14.1. The van der Waals surface area contributed by atoms with Crippen LogP contribution < -0.4 is 11.1 Å². The molecule has 0 spiro atoms. The summed E-state index contributed by atoms with van der Waals surface area (Å²) in [6.07, 6.45) is 15.8. The number of nitrogens with two attached hydrogens (primary N) is 1. The zero-order chi connectivity index (χ0) is 21.6. The third-order valence-electron chi connectivity index (χ3n) is 4.68. The minimum absolute atomic E-state index is 0.709. The van der Waals surface area contributed by atoms with Crippen molar-refractivity contribution in [3.63, 3.8) is 0 Å². The van der Waals surface area contributed by atoms with E-state index in [4.69, 9.17) is 15.2 Å². The van der Waals surface area contributed by atoms with Crippen molar-refractivity contribution in [1.82, 2.24) is 5.32 Å². The van der Waals surface area contributed by atoms with Crippen LogP contribution in [0.5, 0.6) is 0 Å². The number of ether oxygens (including phenoxy) is 2. The highest BCUT2D eigenvalue weighted by Gasteiger charge is 1.94. The van der Waals surface area contributed by atoms with E-state index in [0.717, 1.165) is 84.5 Å². The first-order valence-electron chi connectivity index (χ1n) is 11.6. The zero-order valence-corrected chi connectivity index (χ0v) is 19.7. The van der Waals surface area contributed by atoms with Gasteiger partial charge in [0.05, 0.1) is 0 Å². The zero-order valence-electron chi connectivity index (χ0n) is 19.7. The largest absolute Gasteiger partial charge is 0.381 e. The van der Waals surface area contributed by atoms with Gasteiger partial charge in [0, 0.05) is 33.0 Å². The van der Waals surface area contributed by atoms with Crippen LogP contribution in [0.25, 0.3) is 0 Å². The van der Waals surface area contributed by atoms with Gasteiger partial charge in [0.2, 0.25) is 0 Å². The minimum Gasteiger partial charge on any atom is -0.381 e. The lowest BCUT2D eigenvalue weighted by Crippen LogP contribution is -2.17. The van der Waals surface area contributed by atoms with Gasteiger partial charge in [0.25, 0.3) is 0 Å². The van der Waals surface area contributed by atoms with Crippen LogP contribution in [-0.2, 0) is 9.47 Å². The van der Waals surface area contributed by atoms with Crippen LogP contribution in [0.3, 0.4) is 0 Å². The molecule has 0 aromatic heterocycles. The Morgan fingerprint density at radius 1 is 0.724 bits per heavy atom. The lowest BCUT2D eigenvalue weighted by molar-refractivity contribution is 0.101. The molecule has 0 fully saturated rings. The quantitative estimate of drug-likeness (QED) is 0.205. The molecule has 170 valence electrons. The summed E-state index contributed by atoms with van der Waals surface area (Å²) < 4.78 is 11.1. The van der Waals surface area contributed by atoms with Gasteiger partial charge in [-0.25, -0.2) is 0 Å². The third kappa shape index (κ3) is 23.2. The van der Waals surface area contributed by atoms with E-state index in [-0.39, 0.29) is 0 Å². The predicted octanol–water partition coefficient (Wildman–Crippen LogP) is 5.55. The Labute approximate surface area is 181 Å². The van der Waals surface area contributed by atoms with Gasteiger partial charge in [-0.1, -0.05) is 34.9 Å². The second-order valence-corrected chi connectivity index (χ2v) is 8.09. The van der Waals surface area contributed by atoms with Crippen LogP contribution >= 0.6 is 0 Å². The maximum absolute atomic E-state index is 5.66. The van der Waals surface area contributed by atoms with Crippen LogP contribution in [0.2, 0.25) is 0 Å². The molecular weight excluding hydrogens is 360 g/mol. The lowest BCUT2D eigenvalue weighted by Gasteiger charge is -2.06. The molecule has 29 heavy (non-hydrogen) atoms. The maximum atomic E-state index is 5.66. The summed E-state index contributed by atoms with van der Waals surface area (Å²) in [5, 5.41) is 3.48. The van der Waals surface area contributed by atoms with Crippen molar-refractivity contribution in [1.29, 1.82) is 0 Å². The smallest absolute Gasteiger partial charge is 0.0478 e. The maximum Gasteiger partial charge on any atom is 0.0478 e. The van der Waals surface area contributed by atoms with E-state index >= 15 is 0 Å². The van der Waals surface area contributed by atoms with E-state index in [0.29, 0.717) is 6.54 Å². The van der Waals surface area contributed by atoms with Crippen molar-refractivity contribution in [3.8, 4) is 0 Å². The molecule has 0 saturated heterocycles. The van der Waals surface area contributed by atoms with Gasteiger partial charge in [0.1, 0.15) is 0 Å². The van der Waals surface area contributed by atoms with Crippen molar-refractivity contribution >= 4 is 0 Å². The third-order valence-corrected chi connectivity index (χ3v) is 4.68. The van der Waals surface area contributed by atoms with Gasteiger partial charge < -0.3 is 20.5 Å². The van der Waals surface area contributed by atoms with Gasteiger partial charge in [-0.3, -0.25) is 0 Å². The fourth-order valence-corrected chi connectivity index (χ4v) is 2.78.